The van der Waals surface area contributed by atoms with Crippen LogP contribution in [0, 0.1) is 0 Å². The molecule has 1 saturated carbocycles. The molecule has 0 saturated heterocycles. The summed E-state index contributed by atoms with van der Waals surface area (Å²) in [5, 5.41) is 2.68. The molecule has 0 bridgehead atoms. The van der Waals surface area contributed by atoms with E-state index in [9.17, 15) is 13.2 Å². The van der Waals surface area contributed by atoms with Crippen LogP contribution in [0.2, 0.25) is 5.02 Å². The van der Waals surface area contributed by atoms with E-state index in [0.29, 0.717) is 6.54 Å². The summed E-state index contributed by atoms with van der Waals surface area (Å²) in [5.41, 5.74) is 0.243. The lowest BCUT2D eigenvalue weighted by atomic mass is 10.2. The van der Waals surface area contributed by atoms with Gasteiger partial charge in [0.25, 0.3) is 5.91 Å². The number of rotatable bonds is 6. The summed E-state index contributed by atoms with van der Waals surface area (Å²) in [5.74, 6) is -0.371. The Hall–Kier alpha value is -1.37. The minimum atomic E-state index is -3.69. The molecular formula is C13H15ClN2O3S. The van der Waals surface area contributed by atoms with Crippen molar-refractivity contribution in [3.63, 3.8) is 0 Å². The van der Waals surface area contributed by atoms with Gasteiger partial charge in [0, 0.05) is 18.2 Å². The molecule has 1 aliphatic carbocycles. The minimum Gasteiger partial charge on any atom is -0.349 e. The van der Waals surface area contributed by atoms with Crippen molar-refractivity contribution < 1.29 is 13.2 Å². The largest absolute Gasteiger partial charge is 0.349 e. The van der Waals surface area contributed by atoms with Gasteiger partial charge in [-0.15, -0.1) is 6.58 Å². The van der Waals surface area contributed by atoms with Gasteiger partial charge in [-0.05, 0) is 31.0 Å². The van der Waals surface area contributed by atoms with Crippen molar-refractivity contribution in [2.75, 3.05) is 6.54 Å². The number of sulfonamides is 1. The van der Waals surface area contributed by atoms with E-state index in [-0.39, 0.29) is 27.4 Å². The van der Waals surface area contributed by atoms with Crippen molar-refractivity contribution in [2.24, 2.45) is 0 Å². The highest BCUT2D eigenvalue weighted by Gasteiger charge is 2.29. The highest BCUT2D eigenvalue weighted by atomic mass is 35.5. The maximum atomic E-state index is 12.1. The van der Waals surface area contributed by atoms with Gasteiger partial charge >= 0.3 is 0 Å². The summed E-state index contributed by atoms with van der Waals surface area (Å²) in [6, 6.07) is 4.16. The van der Waals surface area contributed by atoms with Gasteiger partial charge in [-0.2, -0.15) is 0 Å². The number of benzene rings is 1. The monoisotopic (exact) mass is 314 g/mol. The quantitative estimate of drug-likeness (QED) is 0.785. The number of amides is 1. The van der Waals surface area contributed by atoms with Gasteiger partial charge in [0.15, 0.2) is 0 Å². The van der Waals surface area contributed by atoms with Crippen molar-refractivity contribution in [3.05, 3.63) is 41.4 Å². The van der Waals surface area contributed by atoms with Gasteiger partial charge < -0.3 is 5.32 Å². The van der Waals surface area contributed by atoms with Crippen LogP contribution in [0.4, 0.5) is 0 Å². The molecule has 5 nitrogen and oxygen atoms in total. The Labute approximate surface area is 123 Å². The molecule has 1 aliphatic rings. The molecule has 0 heterocycles. The highest BCUT2D eigenvalue weighted by Crippen LogP contribution is 2.26. The fraction of sp³-hybridized carbons (Fsp3) is 0.308. The smallest absolute Gasteiger partial charge is 0.251 e. The summed E-state index contributed by atoms with van der Waals surface area (Å²) in [4.78, 5) is 11.7. The maximum absolute atomic E-state index is 12.1. The molecule has 7 heteroatoms. The number of nitrogens with one attached hydrogen (secondary N) is 2. The molecule has 20 heavy (non-hydrogen) atoms. The van der Waals surface area contributed by atoms with Crippen LogP contribution in [0.25, 0.3) is 0 Å². The topological polar surface area (TPSA) is 75.3 Å². The summed E-state index contributed by atoms with van der Waals surface area (Å²) in [7, 11) is -3.69. The Morgan fingerprint density at radius 1 is 1.45 bits per heavy atom. The van der Waals surface area contributed by atoms with Crippen molar-refractivity contribution in [2.45, 2.75) is 23.8 Å². The lowest BCUT2D eigenvalue weighted by Gasteiger charge is -2.09. The maximum Gasteiger partial charge on any atom is 0.251 e. The molecule has 1 amide bonds. The molecule has 0 aliphatic heterocycles. The zero-order chi connectivity index (χ0) is 14.8. The number of carbonyl (C=O) groups is 1. The fourth-order valence-corrected chi connectivity index (χ4v) is 3.43. The molecule has 2 N–H and O–H groups in total. The van der Waals surface area contributed by atoms with Crippen molar-refractivity contribution in [1.82, 2.24) is 10.0 Å². The zero-order valence-electron chi connectivity index (χ0n) is 10.7. The number of hydrogen-bond acceptors (Lipinski definition) is 3. The first-order valence-electron chi connectivity index (χ1n) is 6.15. The van der Waals surface area contributed by atoms with E-state index in [2.05, 4.69) is 16.6 Å². The molecule has 0 radical (unpaired) electrons. The molecule has 108 valence electrons. The first kappa shape index (κ1) is 15.0. The van der Waals surface area contributed by atoms with Gasteiger partial charge in [0.05, 0.1) is 5.02 Å². The van der Waals surface area contributed by atoms with Crippen LogP contribution in [-0.4, -0.2) is 26.9 Å². The van der Waals surface area contributed by atoms with E-state index in [1.54, 1.807) is 6.08 Å². The second-order valence-corrected chi connectivity index (χ2v) is 6.63. The van der Waals surface area contributed by atoms with E-state index in [4.69, 9.17) is 11.6 Å². The fourth-order valence-electron chi connectivity index (χ4n) is 1.60. The standard InChI is InChI=1S/C13H15ClN2O3S/c1-2-7-15-13(17)9-3-6-11(14)12(8-9)20(18,19)16-10-4-5-10/h2-3,6,8,10,16H,1,4-5,7H2,(H,15,17). The third-order valence-electron chi connectivity index (χ3n) is 2.79. The molecule has 0 unspecified atom stereocenters. The van der Waals surface area contributed by atoms with Crippen LogP contribution in [0.15, 0.2) is 35.7 Å². The Kier molecular flexibility index (Phi) is 4.47. The third kappa shape index (κ3) is 3.59. The Morgan fingerprint density at radius 3 is 2.75 bits per heavy atom. The van der Waals surface area contributed by atoms with E-state index in [0.717, 1.165) is 12.8 Å². The Balaban J connectivity index is 2.28. The van der Waals surface area contributed by atoms with E-state index in [1.807, 2.05) is 0 Å². The summed E-state index contributed by atoms with van der Waals surface area (Å²) in [6.45, 7) is 3.80. The normalized spacial score (nSPS) is 14.8. The van der Waals surface area contributed by atoms with Crippen LogP contribution < -0.4 is 10.0 Å². The second kappa shape index (κ2) is 5.95. The first-order valence-corrected chi connectivity index (χ1v) is 8.01. The average molecular weight is 315 g/mol. The van der Waals surface area contributed by atoms with Crippen molar-refractivity contribution in [3.8, 4) is 0 Å². The second-order valence-electron chi connectivity index (χ2n) is 4.54. The molecule has 1 aromatic rings. The number of hydrogen-bond donors (Lipinski definition) is 2. The van der Waals surface area contributed by atoms with Crippen molar-refractivity contribution in [1.29, 1.82) is 0 Å². The third-order valence-corrected chi connectivity index (χ3v) is 4.79. The molecule has 1 fully saturated rings. The lowest BCUT2D eigenvalue weighted by Crippen LogP contribution is -2.27. The van der Waals surface area contributed by atoms with Crippen LogP contribution >= 0.6 is 11.6 Å². The van der Waals surface area contributed by atoms with Crippen LogP contribution in [0.3, 0.4) is 0 Å². The number of carbonyl (C=O) groups excluding carboxylic acids is 1. The van der Waals surface area contributed by atoms with E-state index < -0.39 is 10.0 Å². The van der Waals surface area contributed by atoms with Crippen LogP contribution in [0.1, 0.15) is 23.2 Å². The van der Waals surface area contributed by atoms with Crippen LogP contribution in [-0.2, 0) is 10.0 Å². The molecule has 2 rings (SSSR count). The van der Waals surface area contributed by atoms with E-state index >= 15 is 0 Å². The predicted octanol–water partition coefficient (Wildman–Crippen LogP) is 1.70. The van der Waals surface area contributed by atoms with Gasteiger partial charge in [0.2, 0.25) is 10.0 Å². The van der Waals surface area contributed by atoms with Gasteiger partial charge in [-0.3, -0.25) is 4.79 Å². The average Bonchev–Trinajstić information content (AvgIpc) is 3.19. The Bertz CT molecular complexity index is 639. The van der Waals surface area contributed by atoms with Crippen molar-refractivity contribution >= 4 is 27.5 Å². The molecule has 1 aromatic carbocycles. The van der Waals surface area contributed by atoms with Gasteiger partial charge in [-0.25, -0.2) is 13.1 Å². The molecule has 0 atom stereocenters. The zero-order valence-corrected chi connectivity index (χ0v) is 12.3. The summed E-state index contributed by atoms with van der Waals surface area (Å²) >= 11 is 5.93. The SMILES string of the molecule is C=CCNC(=O)c1ccc(Cl)c(S(=O)(=O)NC2CC2)c1. The highest BCUT2D eigenvalue weighted by molar-refractivity contribution is 7.89. The van der Waals surface area contributed by atoms with Gasteiger partial charge in [0.1, 0.15) is 4.90 Å². The lowest BCUT2D eigenvalue weighted by molar-refractivity contribution is 0.0958. The number of halogens is 1. The van der Waals surface area contributed by atoms with E-state index in [1.165, 1.54) is 18.2 Å². The predicted molar refractivity (Wildman–Crippen MR) is 77.3 cm³/mol. The van der Waals surface area contributed by atoms with Crippen LogP contribution in [0.5, 0.6) is 0 Å². The molecule has 0 aromatic heterocycles. The minimum absolute atomic E-state index is 0.0192. The summed E-state index contributed by atoms with van der Waals surface area (Å²) in [6.07, 6.45) is 3.20. The summed E-state index contributed by atoms with van der Waals surface area (Å²) < 4.78 is 26.8. The molecule has 0 spiro atoms. The Morgan fingerprint density at radius 2 is 2.15 bits per heavy atom. The molecular weight excluding hydrogens is 300 g/mol. The van der Waals surface area contributed by atoms with Gasteiger partial charge in [-0.1, -0.05) is 17.7 Å². The first-order chi connectivity index (χ1) is 9.44.